The number of rotatable bonds is 5. The summed E-state index contributed by atoms with van der Waals surface area (Å²) in [6.07, 6.45) is 1.20. The molecule has 0 saturated carbocycles. The van der Waals surface area contributed by atoms with Crippen LogP contribution >= 0.6 is 15.9 Å². The lowest BCUT2D eigenvalue weighted by Gasteiger charge is -2.06. The van der Waals surface area contributed by atoms with Crippen LogP contribution in [0.3, 0.4) is 0 Å². The van der Waals surface area contributed by atoms with Crippen LogP contribution in [0.5, 0.6) is 5.75 Å². The zero-order chi connectivity index (χ0) is 16.7. The molecule has 7 heteroatoms. The average molecular weight is 376 g/mol. The molecular weight excluding hydrogens is 365 g/mol. The maximum atomic E-state index is 13.5. The summed E-state index contributed by atoms with van der Waals surface area (Å²) in [7, 11) is 0. The van der Waals surface area contributed by atoms with Crippen molar-refractivity contribution in [1.29, 1.82) is 5.26 Å². The molecule has 0 fully saturated rings. The van der Waals surface area contributed by atoms with Crippen LogP contribution in [0, 0.1) is 17.1 Å². The van der Waals surface area contributed by atoms with Crippen LogP contribution in [0.1, 0.15) is 11.1 Å². The van der Waals surface area contributed by atoms with Crippen LogP contribution in [0.25, 0.3) is 0 Å². The summed E-state index contributed by atoms with van der Waals surface area (Å²) in [5.74, 6) is -0.665. The highest BCUT2D eigenvalue weighted by atomic mass is 79.9. The van der Waals surface area contributed by atoms with Gasteiger partial charge in [0.2, 0.25) is 0 Å². The minimum Gasteiger partial charge on any atom is -0.482 e. The number of halogens is 2. The molecule has 0 aliphatic heterocycles. The van der Waals surface area contributed by atoms with Crippen LogP contribution in [-0.2, 0) is 4.79 Å². The molecule has 0 saturated heterocycles. The lowest BCUT2D eigenvalue weighted by molar-refractivity contribution is -0.123. The van der Waals surface area contributed by atoms with Gasteiger partial charge >= 0.3 is 0 Å². The van der Waals surface area contributed by atoms with Gasteiger partial charge in [0.25, 0.3) is 5.91 Å². The van der Waals surface area contributed by atoms with Gasteiger partial charge in [0.1, 0.15) is 17.6 Å². The molecule has 0 aliphatic rings. The van der Waals surface area contributed by atoms with E-state index < -0.39 is 11.7 Å². The zero-order valence-electron chi connectivity index (χ0n) is 11.8. The molecule has 0 spiro atoms. The fourth-order valence-electron chi connectivity index (χ4n) is 1.65. The zero-order valence-corrected chi connectivity index (χ0v) is 13.4. The number of carbonyl (C=O) groups excluding carboxylic acids is 1. The highest BCUT2D eigenvalue weighted by Gasteiger charge is 2.05. The van der Waals surface area contributed by atoms with Crippen molar-refractivity contribution in [2.45, 2.75) is 0 Å². The number of ether oxygens (including phenoxy) is 1. The molecule has 5 nitrogen and oxygen atoms in total. The number of nitriles is 1. The van der Waals surface area contributed by atoms with Gasteiger partial charge < -0.3 is 4.74 Å². The average Bonchev–Trinajstić information content (AvgIpc) is 2.56. The maximum Gasteiger partial charge on any atom is 0.277 e. The number of nitrogens with zero attached hydrogens (tertiary/aromatic N) is 2. The van der Waals surface area contributed by atoms with Crippen molar-refractivity contribution in [2.75, 3.05) is 6.61 Å². The molecule has 1 N–H and O–H groups in total. The summed E-state index contributed by atoms with van der Waals surface area (Å²) >= 11 is 3.22. The lowest BCUT2D eigenvalue weighted by atomic mass is 10.2. The van der Waals surface area contributed by atoms with Gasteiger partial charge in [-0.15, -0.1) is 0 Å². The standard InChI is InChI=1S/C16H11BrFN3O2/c17-13-5-6-14(18)12(7-13)9-20-21-16(22)10-23-15-4-2-1-3-11(15)8-19/h1-7,9H,10H2,(H,21,22)/b20-9+. The topological polar surface area (TPSA) is 74.5 Å². The maximum absolute atomic E-state index is 13.5. The third kappa shape index (κ3) is 4.90. The van der Waals surface area contributed by atoms with Gasteiger partial charge in [-0.25, -0.2) is 9.82 Å². The Hall–Kier alpha value is -2.72. The largest absolute Gasteiger partial charge is 0.482 e. The number of amides is 1. The van der Waals surface area contributed by atoms with Crippen LogP contribution in [0.15, 0.2) is 52.0 Å². The van der Waals surface area contributed by atoms with E-state index in [9.17, 15) is 9.18 Å². The second kappa shape index (κ2) is 8.06. The van der Waals surface area contributed by atoms with Crippen molar-refractivity contribution < 1.29 is 13.9 Å². The molecule has 0 bridgehead atoms. The minimum absolute atomic E-state index is 0.232. The second-order valence-electron chi connectivity index (χ2n) is 4.36. The summed E-state index contributed by atoms with van der Waals surface area (Å²) in [6, 6.07) is 12.9. The highest BCUT2D eigenvalue weighted by Crippen LogP contribution is 2.16. The lowest BCUT2D eigenvalue weighted by Crippen LogP contribution is -2.24. The van der Waals surface area contributed by atoms with Crippen molar-refractivity contribution in [2.24, 2.45) is 5.10 Å². The monoisotopic (exact) mass is 375 g/mol. The quantitative estimate of drug-likeness (QED) is 0.644. The summed E-state index contributed by atoms with van der Waals surface area (Å²) in [6.45, 7) is -0.309. The fourth-order valence-corrected chi connectivity index (χ4v) is 2.03. The van der Waals surface area contributed by atoms with Crippen molar-refractivity contribution >= 4 is 28.1 Å². The summed E-state index contributed by atoms with van der Waals surface area (Å²) in [5.41, 5.74) is 2.79. The van der Waals surface area contributed by atoms with E-state index >= 15 is 0 Å². The van der Waals surface area contributed by atoms with Crippen LogP contribution in [-0.4, -0.2) is 18.7 Å². The van der Waals surface area contributed by atoms with Crippen molar-refractivity contribution in [3.8, 4) is 11.8 Å². The van der Waals surface area contributed by atoms with Crippen molar-refractivity contribution in [3.05, 3.63) is 63.9 Å². The molecule has 2 aromatic rings. The molecule has 116 valence electrons. The van der Waals surface area contributed by atoms with E-state index in [2.05, 4.69) is 26.5 Å². The van der Waals surface area contributed by atoms with E-state index in [4.69, 9.17) is 10.00 Å². The fraction of sp³-hybridized carbons (Fsp3) is 0.0625. The first-order chi connectivity index (χ1) is 11.1. The predicted octanol–water partition coefficient (Wildman–Crippen LogP) is 2.99. The Morgan fingerprint density at radius 1 is 1.39 bits per heavy atom. The molecule has 0 unspecified atom stereocenters. The van der Waals surface area contributed by atoms with Gasteiger partial charge in [-0.05, 0) is 30.3 Å². The second-order valence-corrected chi connectivity index (χ2v) is 5.27. The van der Waals surface area contributed by atoms with Crippen molar-refractivity contribution in [1.82, 2.24) is 5.43 Å². The molecule has 2 aromatic carbocycles. The van der Waals surface area contributed by atoms with Gasteiger partial charge in [0.15, 0.2) is 6.61 Å². The Labute approximate surface area is 140 Å². The van der Waals surface area contributed by atoms with Crippen LogP contribution < -0.4 is 10.2 Å². The van der Waals surface area contributed by atoms with E-state index in [0.29, 0.717) is 15.8 Å². The van der Waals surface area contributed by atoms with Crippen LogP contribution in [0.4, 0.5) is 4.39 Å². The Morgan fingerprint density at radius 3 is 2.96 bits per heavy atom. The summed E-state index contributed by atoms with van der Waals surface area (Å²) in [4.78, 5) is 11.6. The molecule has 2 rings (SSSR count). The Kier molecular flexibility index (Phi) is 5.83. The first-order valence-electron chi connectivity index (χ1n) is 6.49. The Bertz CT molecular complexity index is 787. The molecule has 1 amide bonds. The van der Waals surface area contributed by atoms with E-state index in [1.54, 1.807) is 30.3 Å². The van der Waals surface area contributed by atoms with Gasteiger partial charge in [-0.2, -0.15) is 10.4 Å². The first-order valence-corrected chi connectivity index (χ1v) is 7.28. The third-order valence-electron chi connectivity index (χ3n) is 2.72. The number of carbonyl (C=O) groups is 1. The molecular formula is C16H11BrFN3O2. The van der Waals surface area contributed by atoms with Gasteiger partial charge in [0.05, 0.1) is 11.8 Å². The van der Waals surface area contributed by atoms with E-state index in [1.165, 1.54) is 18.3 Å². The smallest absolute Gasteiger partial charge is 0.277 e. The minimum atomic E-state index is -0.524. The number of benzene rings is 2. The molecule has 0 heterocycles. The van der Waals surface area contributed by atoms with E-state index in [-0.39, 0.29) is 12.2 Å². The number of hydrogen-bond donors (Lipinski definition) is 1. The number of para-hydroxylation sites is 1. The molecule has 0 aliphatic carbocycles. The Morgan fingerprint density at radius 2 is 2.17 bits per heavy atom. The van der Waals surface area contributed by atoms with E-state index in [0.717, 1.165) is 0 Å². The van der Waals surface area contributed by atoms with E-state index in [1.807, 2.05) is 6.07 Å². The number of hydrogen-bond acceptors (Lipinski definition) is 4. The van der Waals surface area contributed by atoms with Gasteiger partial charge in [-0.3, -0.25) is 4.79 Å². The number of hydrazone groups is 1. The van der Waals surface area contributed by atoms with Crippen molar-refractivity contribution in [3.63, 3.8) is 0 Å². The SMILES string of the molecule is N#Cc1ccccc1OCC(=O)N/N=C/c1cc(Br)ccc1F. The molecule has 23 heavy (non-hydrogen) atoms. The summed E-state index contributed by atoms with van der Waals surface area (Å²) in [5, 5.41) is 12.6. The number of nitrogens with one attached hydrogen (secondary N) is 1. The normalized spacial score (nSPS) is 10.3. The predicted molar refractivity (Wildman–Crippen MR) is 86.5 cm³/mol. The molecule has 0 radical (unpaired) electrons. The molecule has 0 atom stereocenters. The van der Waals surface area contributed by atoms with Crippen LogP contribution in [0.2, 0.25) is 0 Å². The molecule has 0 aromatic heterocycles. The summed E-state index contributed by atoms with van der Waals surface area (Å²) < 4.78 is 19.4. The Balaban J connectivity index is 1.89. The first kappa shape index (κ1) is 16.6. The third-order valence-corrected chi connectivity index (χ3v) is 3.21. The van der Waals surface area contributed by atoms with Gasteiger partial charge in [0, 0.05) is 10.0 Å². The van der Waals surface area contributed by atoms with Gasteiger partial charge in [-0.1, -0.05) is 28.1 Å². The highest BCUT2D eigenvalue weighted by molar-refractivity contribution is 9.10.